The number of aliphatic hydroxyl groups is 3. The zero-order valence-corrected chi connectivity index (χ0v) is 24.1. The van der Waals surface area contributed by atoms with Crippen molar-refractivity contribution in [3.8, 4) is 0 Å². The second-order valence-electron chi connectivity index (χ2n) is 13.6. The second-order valence-corrected chi connectivity index (χ2v) is 13.6. The summed E-state index contributed by atoms with van der Waals surface area (Å²) in [6.45, 7) is 10.1. The van der Waals surface area contributed by atoms with E-state index >= 15 is 0 Å². The molecule has 3 saturated carbocycles. The second kappa shape index (κ2) is 11.2. The molecule has 3 fully saturated rings. The van der Waals surface area contributed by atoms with Gasteiger partial charge in [0.1, 0.15) is 12.7 Å². The molecule has 8 atom stereocenters. The third kappa shape index (κ3) is 4.96. The normalized spacial score (nSPS) is 40.6. The van der Waals surface area contributed by atoms with Crippen LogP contribution in [-0.2, 0) is 19.1 Å². The standard InChI is InChI=1S/C31H50O7/c1-19(2)10-11-25(33)31-26(34)13-14-29(5,23-8-6-7-9-23)28(31)24(38-21(4)32)16-20(3)30(31,36)15-12-22-17-27(35)37-18-22/h17,19-20,23-26,28,33-34,36H,6-16,18H2,1-5H3. The molecule has 7 nitrogen and oxygen atoms in total. The molecule has 0 amide bonds. The maximum atomic E-state index is 12.9. The van der Waals surface area contributed by atoms with Gasteiger partial charge in [-0.15, -0.1) is 0 Å². The zero-order valence-electron chi connectivity index (χ0n) is 24.1. The molecule has 3 N–H and O–H groups in total. The van der Waals surface area contributed by atoms with Crippen LogP contribution in [0, 0.1) is 34.5 Å². The fraction of sp³-hybridized carbons (Fsp3) is 0.871. The molecule has 8 unspecified atom stereocenters. The Labute approximate surface area is 228 Å². The van der Waals surface area contributed by atoms with Gasteiger partial charge in [-0.3, -0.25) is 4.79 Å². The van der Waals surface area contributed by atoms with Crippen LogP contribution in [0.5, 0.6) is 0 Å². The number of hydrogen-bond donors (Lipinski definition) is 3. The van der Waals surface area contributed by atoms with Gasteiger partial charge < -0.3 is 24.8 Å². The summed E-state index contributed by atoms with van der Waals surface area (Å²) in [6.07, 6.45) is 7.27. The number of rotatable bonds is 9. The van der Waals surface area contributed by atoms with Crippen molar-refractivity contribution in [2.75, 3.05) is 6.61 Å². The summed E-state index contributed by atoms with van der Waals surface area (Å²) in [4.78, 5) is 24.2. The molecule has 0 saturated heterocycles. The number of fused-ring (bicyclic) bond motifs is 1. The van der Waals surface area contributed by atoms with Gasteiger partial charge in [-0.1, -0.05) is 40.5 Å². The molecule has 7 heteroatoms. The van der Waals surface area contributed by atoms with Crippen LogP contribution in [0.15, 0.2) is 11.6 Å². The van der Waals surface area contributed by atoms with Crippen molar-refractivity contribution in [1.82, 2.24) is 0 Å². The molecular weight excluding hydrogens is 484 g/mol. The number of esters is 2. The molecule has 3 aliphatic carbocycles. The topological polar surface area (TPSA) is 113 Å². The maximum absolute atomic E-state index is 12.9. The first-order valence-corrected chi connectivity index (χ1v) is 15.0. The van der Waals surface area contributed by atoms with Crippen molar-refractivity contribution in [2.24, 2.45) is 34.5 Å². The average Bonchev–Trinajstić information content (AvgIpc) is 3.53. The molecule has 0 aromatic rings. The van der Waals surface area contributed by atoms with E-state index in [1.165, 1.54) is 13.0 Å². The monoisotopic (exact) mass is 534 g/mol. The molecule has 38 heavy (non-hydrogen) atoms. The average molecular weight is 535 g/mol. The molecular formula is C31H50O7. The highest BCUT2D eigenvalue weighted by Crippen LogP contribution is 2.69. The van der Waals surface area contributed by atoms with Gasteiger partial charge in [0.2, 0.25) is 0 Å². The molecule has 0 spiro atoms. The van der Waals surface area contributed by atoms with E-state index in [1.807, 2.05) is 6.92 Å². The first kappa shape index (κ1) is 29.5. The summed E-state index contributed by atoms with van der Waals surface area (Å²) in [5.41, 5.74) is -2.16. The van der Waals surface area contributed by atoms with E-state index in [0.29, 0.717) is 43.9 Å². The molecule has 4 aliphatic rings. The summed E-state index contributed by atoms with van der Waals surface area (Å²) in [5, 5.41) is 37.2. The minimum absolute atomic E-state index is 0.216. The van der Waals surface area contributed by atoms with Gasteiger partial charge in [-0.2, -0.15) is 0 Å². The number of aliphatic hydroxyl groups excluding tert-OH is 2. The Hall–Kier alpha value is -1.44. The Morgan fingerprint density at radius 2 is 1.89 bits per heavy atom. The first-order valence-electron chi connectivity index (χ1n) is 15.0. The number of carbonyl (C=O) groups is 2. The van der Waals surface area contributed by atoms with Crippen LogP contribution in [0.3, 0.4) is 0 Å². The van der Waals surface area contributed by atoms with E-state index in [9.17, 15) is 24.9 Å². The summed E-state index contributed by atoms with van der Waals surface area (Å²) in [7, 11) is 0. The summed E-state index contributed by atoms with van der Waals surface area (Å²) < 4.78 is 11.2. The zero-order chi connectivity index (χ0) is 27.9. The van der Waals surface area contributed by atoms with Gasteiger partial charge in [0.25, 0.3) is 0 Å². The van der Waals surface area contributed by atoms with Crippen LogP contribution in [0.25, 0.3) is 0 Å². The highest BCUT2D eigenvalue weighted by molar-refractivity contribution is 5.85. The minimum Gasteiger partial charge on any atom is -0.462 e. The Balaban J connectivity index is 1.87. The van der Waals surface area contributed by atoms with Gasteiger partial charge >= 0.3 is 11.9 Å². The Bertz CT molecular complexity index is 908. The third-order valence-corrected chi connectivity index (χ3v) is 11.0. The van der Waals surface area contributed by atoms with Crippen LogP contribution in [-0.4, -0.2) is 57.8 Å². The number of carbonyl (C=O) groups excluding carboxylic acids is 2. The van der Waals surface area contributed by atoms with Gasteiger partial charge in [0, 0.05) is 18.9 Å². The van der Waals surface area contributed by atoms with Crippen LogP contribution in [0.2, 0.25) is 0 Å². The quantitative estimate of drug-likeness (QED) is 0.367. The molecule has 0 aromatic carbocycles. The molecule has 0 aromatic heterocycles. The lowest BCUT2D eigenvalue weighted by molar-refractivity contribution is -0.326. The van der Waals surface area contributed by atoms with Crippen LogP contribution < -0.4 is 0 Å². The van der Waals surface area contributed by atoms with E-state index in [-0.39, 0.29) is 35.8 Å². The number of hydrogen-bond acceptors (Lipinski definition) is 7. The highest BCUT2D eigenvalue weighted by Gasteiger charge is 2.74. The van der Waals surface area contributed by atoms with E-state index in [1.54, 1.807) is 0 Å². The number of ether oxygens (including phenoxy) is 2. The molecule has 1 aliphatic heterocycles. The molecule has 216 valence electrons. The van der Waals surface area contributed by atoms with Gasteiger partial charge in [0.05, 0.1) is 23.2 Å². The predicted molar refractivity (Wildman–Crippen MR) is 144 cm³/mol. The van der Waals surface area contributed by atoms with Gasteiger partial charge in [-0.05, 0) is 86.5 Å². The lowest BCUT2D eigenvalue weighted by atomic mass is 9.38. The van der Waals surface area contributed by atoms with Crippen molar-refractivity contribution in [2.45, 2.75) is 129 Å². The summed E-state index contributed by atoms with van der Waals surface area (Å²) in [5.74, 6) is -0.711. The molecule has 0 bridgehead atoms. The van der Waals surface area contributed by atoms with Crippen molar-refractivity contribution < 1.29 is 34.4 Å². The van der Waals surface area contributed by atoms with Crippen LogP contribution in [0.4, 0.5) is 0 Å². The maximum Gasteiger partial charge on any atom is 0.331 e. The van der Waals surface area contributed by atoms with Crippen molar-refractivity contribution in [3.05, 3.63) is 11.6 Å². The lowest BCUT2D eigenvalue weighted by Gasteiger charge is -2.70. The molecule has 4 rings (SSSR count). The van der Waals surface area contributed by atoms with Gasteiger partial charge in [-0.25, -0.2) is 4.79 Å². The smallest absolute Gasteiger partial charge is 0.331 e. The summed E-state index contributed by atoms with van der Waals surface area (Å²) >= 11 is 0. The minimum atomic E-state index is -1.42. The van der Waals surface area contributed by atoms with E-state index in [4.69, 9.17) is 9.47 Å². The summed E-state index contributed by atoms with van der Waals surface area (Å²) in [6, 6.07) is 0. The Kier molecular flexibility index (Phi) is 8.71. The highest BCUT2D eigenvalue weighted by atomic mass is 16.5. The van der Waals surface area contributed by atoms with Crippen LogP contribution >= 0.6 is 0 Å². The fourth-order valence-electron chi connectivity index (χ4n) is 9.18. The Morgan fingerprint density at radius 1 is 1.21 bits per heavy atom. The van der Waals surface area contributed by atoms with Crippen LogP contribution in [0.1, 0.15) is 105 Å². The van der Waals surface area contributed by atoms with E-state index in [2.05, 4.69) is 20.8 Å². The molecule has 0 radical (unpaired) electrons. The Morgan fingerprint density at radius 3 is 2.47 bits per heavy atom. The predicted octanol–water partition coefficient (Wildman–Crippen LogP) is 4.70. The van der Waals surface area contributed by atoms with Crippen molar-refractivity contribution in [3.63, 3.8) is 0 Å². The molecule has 1 heterocycles. The van der Waals surface area contributed by atoms with E-state index < -0.39 is 29.3 Å². The van der Waals surface area contributed by atoms with Gasteiger partial charge in [0.15, 0.2) is 0 Å². The largest absolute Gasteiger partial charge is 0.462 e. The van der Waals surface area contributed by atoms with Crippen molar-refractivity contribution in [1.29, 1.82) is 0 Å². The SMILES string of the molecule is CC(=O)OC1CC(C)C(O)(CCC2=CC(=O)OC2)C2(C(O)CCC(C)C)C(O)CCC(C)(C3CCCC3)C12. The number of cyclic esters (lactones) is 1. The van der Waals surface area contributed by atoms with Crippen molar-refractivity contribution >= 4 is 11.9 Å². The fourth-order valence-corrected chi connectivity index (χ4v) is 9.18. The lowest BCUT2D eigenvalue weighted by Crippen LogP contribution is -2.76. The first-order chi connectivity index (χ1) is 17.9. The third-order valence-electron chi connectivity index (χ3n) is 11.0. The van der Waals surface area contributed by atoms with E-state index in [0.717, 1.165) is 44.1 Å².